The molecule has 29 heavy (non-hydrogen) atoms. The van der Waals surface area contributed by atoms with Crippen LogP contribution < -0.4 is 20.1 Å². The highest BCUT2D eigenvalue weighted by Crippen LogP contribution is 2.29. The molecule has 0 aliphatic heterocycles. The normalized spacial score (nSPS) is 10.2. The summed E-state index contributed by atoms with van der Waals surface area (Å²) < 4.78 is 10.4. The van der Waals surface area contributed by atoms with Crippen molar-refractivity contribution in [3.63, 3.8) is 0 Å². The number of anilines is 3. The van der Waals surface area contributed by atoms with Crippen LogP contribution in [0.15, 0.2) is 54.9 Å². The number of rotatable bonds is 7. The Morgan fingerprint density at radius 3 is 2.14 bits per heavy atom. The van der Waals surface area contributed by atoms with Crippen molar-refractivity contribution >= 4 is 28.9 Å². The van der Waals surface area contributed by atoms with Crippen molar-refractivity contribution in [3.8, 4) is 11.5 Å². The van der Waals surface area contributed by atoms with Crippen molar-refractivity contribution in [1.82, 2.24) is 9.97 Å². The van der Waals surface area contributed by atoms with E-state index in [4.69, 9.17) is 9.47 Å². The van der Waals surface area contributed by atoms with Crippen molar-refractivity contribution in [3.05, 3.63) is 66.1 Å². The van der Waals surface area contributed by atoms with Gasteiger partial charge in [-0.15, -0.1) is 0 Å². The van der Waals surface area contributed by atoms with Crippen LogP contribution in [-0.4, -0.2) is 35.9 Å². The molecule has 0 radical (unpaired) electrons. The van der Waals surface area contributed by atoms with Crippen LogP contribution in [0.5, 0.6) is 11.5 Å². The minimum atomic E-state index is -0.401. The third-order valence-corrected chi connectivity index (χ3v) is 4.09. The van der Waals surface area contributed by atoms with Crippen molar-refractivity contribution in [2.45, 2.75) is 6.92 Å². The Morgan fingerprint density at radius 1 is 0.862 bits per heavy atom. The molecule has 0 atom stereocenters. The van der Waals surface area contributed by atoms with Gasteiger partial charge in [0.2, 0.25) is 0 Å². The topological polar surface area (TPSA) is 102 Å². The summed E-state index contributed by atoms with van der Waals surface area (Å²) in [4.78, 5) is 32.1. The average Bonchev–Trinajstić information content (AvgIpc) is 2.74. The molecule has 8 heteroatoms. The molecule has 0 aliphatic carbocycles. The van der Waals surface area contributed by atoms with Gasteiger partial charge in [-0.3, -0.25) is 9.59 Å². The number of nitrogens with zero attached hydrogens (tertiary/aromatic N) is 2. The molecule has 8 nitrogen and oxygen atoms in total. The van der Waals surface area contributed by atoms with E-state index in [0.717, 1.165) is 5.69 Å². The lowest BCUT2D eigenvalue weighted by atomic mass is 10.1. The van der Waals surface area contributed by atoms with Gasteiger partial charge >= 0.3 is 0 Å². The third kappa shape index (κ3) is 4.86. The number of ether oxygens (including phenoxy) is 2. The summed E-state index contributed by atoms with van der Waals surface area (Å²) >= 11 is 0. The Labute approximate surface area is 167 Å². The molecular formula is C21H20N4O4. The minimum absolute atomic E-state index is 0.00110. The predicted molar refractivity (Wildman–Crippen MR) is 109 cm³/mol. The number of nitrogens with one attached hydrogen (secondary N) is 2. The fourth-order valence-corrected chi connectivity index (χ4v) is 2.56. The van der Waals surface area contributed by atoms with Gasteiger partial charge in [-0.2, -0.15) is 0 Å². The van der Waals surface area contributed by atoms with E-state index in [9.17, 15) is 9.59 Å². The second kappa shape index (κ2) is 8.83. The van der Waals surface area contributed by atoms with Gasteiger partial charge in [-0.1, -0.05) is 0 Å². The van der Waals surface area contributed by atoms with E-state index in [2.05, 4.69) is 20.6 Å². The van der Waals surface area contributed by atoms with Crippen LogP contribution in [0, 0.1) is 0 Å². The number of benzene rings is 2. The highest BCUT2D eigenvalue weighted by atomic mass is 16.5. The molecule has 0 saturated heterocycles. The lowest BCUT2D eigenvalue weighted by Gasteiger charge is -2.10. The van der Waals surface area contributed by atoms with Crippen LogP contribution in [0.2, 0.25) is 0 Å². The maximum Gasteiger partial charge on any atom is 0.275 e. The van der Waals surface area contributed by atoms with Crippen molar-refractivity contribution in [2.75, 3.05) is 24.9 Å². The largest absolute Gasteiger partial charge is 0.493 e. The van der Waals surface area contributed by atoms with Crippen LogP contribution in [0.25, 0.3) is 0 Å². The molecule has 1 aromatic heterocycles. The first-order valence-corrected chi connectivity index (χ1v) is 8.73. The van der Waals surface area contributed by atoms with Crippen LogP contribution in [-0.2, 0) is 0 Å². The molecule has 148 valence electrons. The summed E-state index contributed by atoms with van der Waals surface area (Å²) in [6.45, 7) is 1.51. The Bertz CT molecular complexity index is 1020. The number of amides is 1. The molecule has 0 bridgehead atoms. The maximum absolute atomic E-state index is 12.4. The fraction of sp³-hybridized carbons (Fsp3) is 0.143. The number of Topliss-reactive ketones (excluding diaryl/α,β-unsaturated/α-hetero) is 1. The summed E-state index contributed by atoms with van der Waals surface area (Å²) in [6, 6.07) is 12.1. The number of carbonyl (C=O) groups excluding carboxylic acids is 2. The average molecular weight is 392 g/mol. The Balaban J connectivity index is 1.66. The van der Waals surface area contributed by atoms with Gasteiger partial charge in [0, 0.05) is 23.0 Å². The Morgan fingerprint density at radius 2 is 1.55 bits per heavy atom. The standard InChI is InChI=1S/C21H20N4O4/c1-13(26)14-4-6-15(7-5-14)24-20-12-22-17(11-23-20)21(27)25-16-8-9-18(28-2)19(10-16)29-3/h4-12H,1-3H3,(H,23,24)(H,25,27). The van der Waals surface area contributed by atoms with E-state index in [-0.39, 0.29) is 11.5 Å². The van der Waals surface area contributed by atoms with Crippen LogP contribution >= 0.6 is 0 Å². The van der Waals surface area contributed by atoms with E-state index < -0.39 is 5.91 Å². The number of ketones is 1. The maximum atomic E-state index is 12.4. The molecule has 0 spiro atoms. The fourth-order valence-electron chi connectivity index (χ4n) is 2.56. The monoisotopic (exact) mass is 392 g/mol. The summed E-state index contributed by atoms with van der Waals surface area (Å²) in [7, 11) is 3.06. The van der Waals surface area contributed by atoms with E-state index in [1.54, 1.807) is 49.6 Å². The number of hydrogen-bond donors (Lipinski definition) is 2. The van der Waals surface area contributed by atoms with Crippen molar-refractivity contribution in [2.24, 2.45) is 0 Å². The molecule has 1 amide bonds. The zero-order chi connectivity index (χ0) is 20.8. The number of methoxy groups -OCH3 is 2. The van der Waals surface area contributed by atoms with Crippen molar-refractivity contribution in [1.29, 1.82) is 0 Å². The van der Waals surface area contributed by atoms with E-state index in [1.165, 1.54) is 26.4 Å². The molecule has 3 aromatic rings. The van der Waals surface area contributed by atoms with Gasteiger partial charge in [-0.05, 0) is 43.3 Å². The first kappa shape index (κ1) is 19.8. The van der Waals surface area contributed by atoms with Crippen LogP contribution in [0.1, 0.15) is 27.8 Å². The van der Waals surface area contributed by atoms with E-state index >= 15 is 0 Å². The summed E-state index contributed by atoms with van der Waals surface area (Å²) in [6.07, 6.45) is 2.84. The van der Waals surface area contributed by atoms with Crippen molar-refractivity contribution < 1.29 is 19.1 Å². The third-order valence-electron chi connectivity index (χ3n) is 4.09. The van der Waals surface area contributed by atoms with Gasteiger partial charge in [0.1, 0.15) is 11.5 Å². The van der Waals surface area contributed by atoms with Gasteiger partial charge in [0.25, 0.3) is 5.91 Å². The minimum Gasteiger partial charge on any atom is -0.493 e. The highest BCUT2D eigenvalue weighted by Gasteiger charge is 2.11. The highest BCUT2D eigenvalue weighted by molar-refractivity contribution is 6.02. The molecule has 0 unspecified atom stereocenters. The first-order valence-electron chi connectivity index (χ1n) is 8.73. The molecule has 2 aromatic carbocycles. The summed E-state index contributed by atoms with van der Waals surface area (Å²) in [5.74, 6) is 1.15. The summed E-state index contributed by atoms with van der Waals surface area (Å²) in [5.41, 5.74) is 2.09. The molecule has 3 rings (SSSR count). The Hall–Kier alpha value is -3.94. The van der Waals surface area contributed by atoms with Gasteiger partial charge in [0.15, 0.2) is 17.3 Å². The zero-order valence-corrected chi connectivity index (χ0v) is 16.2. The SMILES string of the molecule is COc1ccc(NC(=O)c2cnc(Nc3ccc(C(C)=O)cc3)cn2)cc1OC. The van der Waals surface area contributed by atoms with E-state index in [0.29, 0.717) is 28.6 Å². The summed E-state index contributed by atoms with van der Waals surface area (Å²) in [5, 5.41) is 5.81. The van der Waals surface area contributed by atoms with E-state index in [1.807, 2.05) is 0 Å². The lowest BCUT2D eigenvalue weighted by Crippen LogP contribution is -2.14. The van der Waals surface area contributed by atoms with Gasteiger partial charge in [0.05, 0.1) is 26.6 Å². The molecule has 2 N–H and O–H groups in total. The Kier molecular flexibility index (Phi) is 6.03. The predicted octanol–water partition coefficient (Wildman–Crippen LogP) is 3.69. The molecular weight excluding hydrogens is 372 g/mol. The van der Waals surface area contributed by atoms with Crippen LogP contribution in [0.4, 0.5) is 17.2 Å². The number of carbonyl (C=O) groups is 2. The molecule has 1 heterocycles. The second-order valence-electron chi connectivity index (χ2n) is 6.07. The molecule has 0 saturated carbocycles. The van der Waals surface area contributed by atoms with Crippen LogP contribution in [0.3, 0.4) is 0 Å². The molecule has 0 fully saturated rings. The number of hydrogen-bond acceptors (Lipinski definition) is 7. The second-order valence-corrected chi connectivity index (χ2v) is 6.07. The molecule has 0 aliphatic rings. The lowest BCUT2D eigenvalue weighted by molar-refractivity contribution is 0.101. The quantitative estimate of drug-likeness (QED) is 0.591. The number of aromatic nitrogens is 2. The van der Waals surface area contributed by atoms with Gasteiger partial charge in [-0.25, -0.2) is 9.97 Å². The zero-order valence-electron chi connectivity index (χ0n) is 16.2. The smallest absolute Gasteiger partial charge is 0.275 e. The van der Waals surface area contributed by atoms with Gasteiger partial charge < -0.3 is 20.1 Å². The first-order chi connectivity index (χ1) is 14.0.